The topological polar surface area (TPSA) is 72.2 Å². The number of fused-ring (bicyclic) bond motifs is 2. The van der Waals surface area contributed by atoms with Gasteiger partial charge in [0.15, 0.2) is 11.6 Å². The van der Waals surface area contributed by atoms with Gasteiger partial charge in [-0.15, -0.1) is 0 Å². The third-order valence-corrected chi connectivity index (χ3v) is 3.99. The van der Waals surface area contributed by atoms with Crippen LogP contribution in [0, 0.1) is 0 Å². The first-order valence-electron chi connectivity index (χ1n) is 6.77. The lowest BCUT2D eigenvalue weighted by Crippen LogP contribution is -2.43. The molecule has 2 aromatic rings. The zero-order valence-electron chi connectivity index (χ0n) is 11.9. The molecule has 3 rings (SSSR count). The van der Waals surface area contributed by atoms with E-state index in [-0.39, 0.29) is 11.6 Å². The van der Waals surface area contributed by atoms with Crippen LogP contribution in [0.1, 0.15) is 51.3 Å². The van der Waals surface area contributed by atoms with Crippen LogP contribution in [0.4, 0.5) is 0 Å². The van der Waals surface area contributed by atoms with Gasteiger partial charge in [-0.2, -0.15) is 0 Å². The fraction of sp³-hybridized carbons (Fsp3) is 0.176. The number of nitrogens with one attached hydrogen (secondary N) is 1. The van der Waals surface area contributed by atoms with Gasteiger partial charge in [0.1, 0.15) is 0 Å². The quantitative estimate of drug-likeness (QED) is 0.557. The highest BCUT2D eigenvalue weighted by Crippen LogP contribution is 2.33. The summed E-state index contributed by atoms with van der Waals surface area (Å²) < 4.78 is 0. The number of ketones is 2. The van der Waals surface area contributed by atoms with Gasteiger partial charge in [-0.3, -0.25) is 20.9 Å². The van der Waals surface area contributed by atoms with Crippen molar-refractivity contribution in [2.45, 2.75) is 19.4 Å². The van der Waals surface area contributed by atoms with Crippen LogP contribution in [0.25, 0.3) is 0 Å². The van der Waals surface area contributed by atoms with Gasteiger partial charge in [-0.1, -0.05) is 42.5 Å². The number of hydrogen-bond donors (Lipinski definition) is 2. The molecule has 0 aromatic heterocycles. The van der Waals surface area contributed by atoms with Gasteiger partial charge in [0, 0.05) is 22.3 Å². The van der Waals surface area contributed by atoms with Crippen molar-refractivity contribution in [3.8, 4) is 0 Å². The minimum absolute atomic E-state index is 0.116. The molecule has 0 fully saturated rings. The van der Waals surface area contributed by atoms with E-state index in [9.17, 15) is 9.59 Å². The minimum Gasteiger partial charge on any atom is -0.289 e. The first kappa shape index (κ1) is 13.7. The second kappa shape index (κ2) is 4.62. The lowest BCUT2D eigenvalue weighted by molar-refractivity contribution is 0.0977. The average Bonchev–Trinajstić information content (AvgIpc) is 2.52. The summed E-state index contributed by atoms with van der Waals surface area (Å²) >= 11 is 0. The molecule has 4 heteroatoms. The SMILES string of the molecule is CC(C)(NN)c1cccc2c1C(=O)c1ccccc1C2=O. The molecule has 0 saturated carbocycles. The number of nitrogens with two attached hydrogens (primary N) is 1. The fourth-order valence-electron chi connectivity index (χ4n) is 2.74. The average molecular weight is 280 g/mol. The Morgan fingerprint density at radius 3 is 2.05 bits per heavy atom. The summed E-state index contributed by atoms with van der Waals surface area (Å²) in [4.78, 5) is 25.4. The zero-order chi connectivity index (χ0) is 15.2. The number of carbonyl (C=O) groups excluding carboxylic acids is 2. The van der Waals surface area contributed by atoms with E-state index in [1.165, 1.54) is 0 Å². The Bertz CT molecular complexity index is 763. The van der Waals surface area contributed by atoms with E-state index in [1.807, 2.05) is 19.9 Å². The van der Waals surface area contributed by atoms with Crippen LogP contribution in [0.3, 0.4) is 0 Å². The number of rotatable bonds is 2. The van der Waals surface area contributed by atoms with Crippen molar-refractivity contribution in [2.75, 3.05) is 0 Å². The monoisotopic (exact) mass is 280 g/mol. The molecule has 106 valence electrons. The third-order valence-electron chi connectivity index (χ3n) is 3.99. The summed E-state index contributed by atoms with van der Waals surface area (Å²) in [6, 6.07) is 12.2. The summed E-state index contributed by atoms with van der Waals surface area (Å²) in [7, 11) is 0. The molecule has 0 heterocycles. The highest BCUT2D eigenvalue weighted by molar-refractivity contribution is 6.28. The highest BCUT2D eigenvalue weighted by Gasteiger charge is 2.34. The maximum atomic E-state index is 12.8. The van der Waals surface area contributed by atoms with Crippen LogP contribution >= 0.6 is 0 Å². The predicted molar refractivity (Wildman–Crippen MR) is 80.1 cm³/mol. The molecule has 3 N–H and O–H groups in total. The van der Waals surface area contributed by atoms with Crippen molar-refractivity contribution in [1.82, 2.24) is 5.43 Å². The molecule has 2 aromatic carbocycles. The maximum absolute atomic E-state index is 12.8. The molecule has 0 spiro atoms. The Kier molecular flexibility index (Phi) is 3.01. The van der Waals surface area contributed by atoms with E-state index in [4.69, 9.17) is 5.84 Å². The van der Waals surface area contributed by atoms with Gasteiger partial charge in [0.25, 0.3) is 0 Å². The van der Waals surface area contributed by atoms with Crippen molar-refractivity contribution >= 4 is 11.6 Å². The van der Waals surface area contributed by atoms with Crippen molar-refractivity contribution in [3.05, 3.63) is 70.3 Å². The van der Waals surface area contributed by atoms with Crippen molar-refractivity contribution in [1.29, 1.82) is 0 Å². The van der Waals surface area contributed by atoms with Crippen LogP contribution in [-0.4, -0.2) is 11.6 Å². The first-order chi connectivity index (χ1) is 9.97. The lowest BCUT2D eigenvalue weighted by Gasteiger charge is -2.29. The summed E-state index contributed by atoms with van der Waals surface area (Å²) in [5, 5.41) is 0. The Morgan fingerprint density at radius 2 is 1.43 bits per heavy atom. The molecule has 0 bridgehead atoms. The molecule has 4 nitrogen and oxygen atoms in total. The zero-order valence-corrected chi connectivity index (χ0v) is 11.9. The summed E-state index contributed by atoms with van der Waals surface area (Å²) in [5.41, 5.74) is 4.64. The van der Waals surface area contributed by atoms with E-state index >= 15 is 0 Å². The molecular weight excluding hydrogens is 264 g/mol. The van der Waals surface area contributed by atoms with Gasteiger partial charge in [0.2, 0.25) is 0 Å². The number of hydrogen-bond acceptors (Lipinski definition) is 4. The molecule has 0 aliphatic heterocycles. The van der Waals surface area contributed by atoms with Gasteiger partial charge in [-0.05, 0) is 19.4 Å². The second-order valence-electron chi connectivity index (χ2n) is 5.70. The number of benzene rings is 2. The van der Waals surface area contributed by atoms with E-state index in [0.29, 0.717) is 22.3 Å². The van der Waals surface area contributed by atoms with Crippen molar-refractivity contribution in [3.63, 3.8) is 0 Å². The molecule has 0 radical (unpaired) electrons. The van der Waals surface area contributed by atoms with Crippen LogP contribution in [0.15, 0.2) is 42.5 Å². The standard InChI is InChI=1S/C17H16N2O2/c1-17(2,19-18)13-9-5-8-12-14(13)16(21)11-7-4-3-6-10(11)15(12)20/h3-9,19H,18H2,1-2H3. The molecule has 1 aliphatic rings. The largest absolute Gasteiger partial charge is 0.289 e. The molecule has 0 saturated heterocycles. The smallest absolute Gasteiger partial charge is 0.194 e. The molecule has 1 aliphatic carbocycles. The van der Waals surface area contributed by atoms with Crippen LogP contribution < -0.4 is 11.3 Å². The Balaban J connectivity index is 2.31. The highest BCUT2D eigenvalue weighted by atomic mass is 16.1. The minimum atomic E-state index is -0.604. The summed E-state index contributed by atoms with van der Waals surface area (Å²) in [5.74, 6) is 5.36. The van der Waals surface area contributed by atoms with Crippen LogP contribution in [0.5, 0.6) is 0 Å². The van der Waals surface area contributed by atoms with Crippen LogP contribution in [-0.2, 0) is 5.54 Å². The van der Waals surface area contributed by atoms with Gasteiger partial charge in [0.05, 0.1) is 5.54 Å². The normalized spacial score (nSPS) is 13.9. The van der Waals surface area contributed by atoms with Crippen molar-refractivity contribution in [2.24, 2.45) is 5.84 Å². The fourth-order valence-corrected chi connectivity index (χ4v) is 2.74. The predicted octanol–water partition coefficient (Wildman–Crippen LogP) is 2.16. The number of hydrazine groups is 1. The maximum Gasteiger partial charge on any atom is 0.194 e. The van der Waals surface area contributed by atoms with Gasteiger partial charge < -0.3 is 0 Å². The molecule has 0 amide bonds. The van der Waals surface area contributed by atoms with Gasteiger partial charge >= 0.3 is 0 Å². The first-order valence-corrected chi connectivity index (χ1v) is 6.77. The lowest BCUT2D eigenvalue weighted by atomic mass is 9.78. The Labute approximate surface area is 122 Å². The number of carbonyl (C=O) groups is 2. The Morgan fingerprint density at radius 1 is 0.857 bits per heavy atom. The van der Waals surface area contributed by atoms with E-state index in [1.54, 1.807) is 36.4 Å². The van der Waals surface area contributed by atoms with Crippen molar-refractivity contribution < 1.29 is 9.59 Å². The second-order valence-corrected chi connectivity index (χ2v) is 5.70. The summed E-state index contributed by atoms with van der Waals surface area (Å²) in [6.45, 7) is 3.75. The van der Waals surface area contributed by atoms with Gasteiger partial charge in [-0.25, -0.2) is 0 Å². The molecule has 0 unspecified atom stereocenters. The molecular formula is C17H16N2O2. The van der Waals surface area contributed by atoms with E-state index < -0.39 is 5.54 Å². The van der Waals surface area contributed by atoms with E-state index in [0.717, 1.165) is 5.56 Å². The summed E-state index contributed by atoms with van der Waals surface area (Å²) in [6.07, 6.45) is 0. The molecule has 21 heavy (non-hydrogen) atoms. The van der Waals surface area contributed by atoms with E-state index in [2.05, 4.69) is 5.43 Å². The Hall–Kier alpha value is -2.30. The third kappa shape index (κ3) is 1.92. The molecule has 0 atom stereocenters. The van der Waals surface area contributed by atoms with Crippen LogP contribution in [0.2, 0.25) is 0 Å².